The van der Waals surface area contributed by atoms with Gasteiger partial charge in [0.1, 0.15) is 5.75 Å². The van der Waals surface area contributed by atoms with E-state index in [9.17, 15) is 0 Å². The van der Waals surface area contributed by atoms with Crippen LogP contribution in [0.3, 0.4) is 0 Å². The Morgan fingerprint density at radius 2 is 2.00 bits per heavy atom. The Morgan fingerprint density at radius 3 is 2.84 bits per heavy atom. The summed E-state index contributed by atoms with van der Waals surface area (Å²) in [6.45, 7) is 3.21. The van der Waals surface area contributed by atoms with Gasteiger partial charge in [0.05, 0.1) is 7.11 Å². The van der Waals surface area contributed by atoms with Crippen molar-refractivity contribution in [3.63, 3.8) is 0 Å². The highest BCUT2D eigenvalue weighted by molar-refractivity contribution is 5.84. The number of hydrogen-bond donors (Lipinski definition) is 1. The van der Waals surface area contributed by atoms with Crippen LogP contribution in [0.4, 0.5) is 0 Å². The average Bonchev–Trinajstić information content (AvgIpc) is 3.05. The first-order valence-electron chi connectivity index (χ1n) is 8.90. The summed E-state index contributed by atoms with van der Waals surface area (Å²) in [6, 6.07) is 17.0. The summed E-state index contributed by atoms with van der Waals surface area (Å²) in [6.07, 6.45) is 6.69. The molecule has 1 aliphatic rings. The van der Waals surface area contributed by atoms with Crippen molar-refractivity contribution in [1.82, 2.24) is 9.88 Å². The van der Waals surface area contributed by atoms with E-state index in [4.69, 9.17) is 4.74 Å². The molecule has 128 valence electrons. The second kappa shape index (κ2) is 7.16. The molecule has 0 aliphatic carbocycles. The molecule has 3 aromatic rings. The van der Waals surface area contributed by atoms with Crippen molar-refractivity contribution >= 4 is 10.9 Å². The maximum absolute atomic E-state index is 5.38. The van der Waals surface area contributed by atoms with E-state index in [-0.39, 0.29) is 0 Å². The zero-order valence-electron chi connectivity index (χ0n) is 14.7. The zero-order valence-corrected chi connectivity index (χ0v) is 14.7. The predicted octanol–water partition coefficient (Wildman–Crippen LogP) is 4.55. The second-order valence-electron chi connectivity index (χ2n) is 6.75. The average molecular weight is 332 g/mol. The van der Waals surface area contributed by atoms with E-state index in [2.05, 4.69) is 64.6 Å². The molecule has 0 saturated carbocycles. The Kier molecular flexibility index (Phi) is 4.57. The van der Waals surface area contributed by atoms with E-state index in [1.165, 1.54) is 27.6 Å². The highest BCUT2D eigenvalue weighted by Gasteiger charge is 2.15. The van der Waals surface area contributed by atoms with Crippen molar-refractivity contribution in [3.05, 3.63) is 77.5 Å². The van der Waals surface area contributed by atoms with E-state index in [0.717, 1.165) is 38.2 Å². The summed E-state index contributed by atoms with van der Waals surface area (Å²) >= 11 is 0. The second-order valence-corrected chi connectivity index (χ2v) is 6.75. The summed E-state index contributed by atoms with van der Waals surface area (Å²) in [5.74, 6) is 0.914. The number of aromatic amines is 1. The minimum absolute atomic E-state index is 0.914. The molecule has 0 bridgehead atoms. The Labute approximate surface area is 148 Å². The molecule has 2 aromatic carbocycles. The monoisotopic (exact) mass is 332 g/mol. The third kappa shape index (κ3) is 3.62. The van der Waals surface area contributed by atoms with E-state index < -0.39 is 0 Å². The number of nitrogens with zero attached hydrogens (tertiary/aromatic N) is 1. The van der Waals surface area contributed by atoms with E-state index in [1.54, 1.807) is 7.11 Å². The Hall–Kier alpha value is -2.52. The fraction of sp³-hybridized carbons (Fsp3) is 0.273. The van der Waals surface area contributed by atoms with Crippen LogP contribution in [0.2, 0.25) is 0 Å². The lowest BCUT2D eigenvalue weighted by atomic mass is 10.00. The minimum atomic E-state index is 0.914. The molecule has 0 radical (unpaired) electrons. The predicted molar refractivity (Wildman–Crippen MR) is 103 cm³/mol. The van der Waals surface area contributed by atoms with Crippen LogP contribution < -0.4 is 4.74 Å². The summed E-state index contributed by atoms with van der Waals surface area (Å²) in [4.78, 5) is 5.93. The van der Waals surface area contributed by atoms with E-state index >= 15 is 0 Å². The summed E-state index contributed by atoms with van der Waals surface area (Å²) in [5.41, 5.74) is 5.42. The van der Waals surface area contributed by atoms with Gasteiger partial charge in [-0.3, -0.25) is 4.90 Å². The number of hydrogen-bond acceptors (Lipinski definition) is 2. The van der Waals surface area contributed by atoms with Crippen molar-refractivity contribution in [2.24, 2.45) is 0 Å². The minimum Gasteiger partial charge on any atom is -0.497 e. The molecule has 1 aromatic heterocycles. The number of ether oxygens (including phenoxy) is 1. The van der Waals surface area contributed by atoms with E-state index in [0.29, 0.717) is 0 Å². The molecule has 0 saturated heterocycles. The topological polar surface area (TPSA) is 28.3 Å². The fourth-order valence-corrected chi connectivity index (χ4v) is 3.66. The number of nitrogens with one attached hydrogen (secondary N) is 1. The largest absolute Gasteiger partial charge is 0.497 e. The lowest BCUT2D eigenvalue weighted by Gasteiger charge is -2.27. The normalized spacial score (nSPS) is 15.3. The Morgan fingerprint density at radius 1 is 1.12 bits per heavy atom. The molecular weight excluding hydrogens is 308 g/mol. The number of aromatic nitrogens is 1. The molecule has 0 fully saturated rings. The third-order valence-corrected chi connectivity index (χ3v) is 4.95. The van der Waals surface area contributed by atoms with Crippen molar-refractivity contribution in [3.8, 4) is 5.75 Å². The molecule has 4 rings (SSSR count). The number of methoxy groups -OCH3 is 1. The van der Waals surface area contributed by atoms with Gasteiger partial charge in [0.2, 0.25) is 0 Å². The molecular formula is C22H24N2O. The van der Waals surface area contributed by atoms with Gasteiger partial charge in [-0.05, 0) is 42.2 Å². The highest BCUT2D eigenvalue weighted by atomic mass is 16.5. The Bertz CT molecular complexity index is 879. The summed E-state index contributed by atoms with van der Waals surface area (Å²) in [5, 5.41) is 1.26. The van der Waals surface area contributed by atoms with Gasteiger partial charge in [-0.15, -0.1) is 0 Å². The molecule has 2 heterocycles. The summed E-state index contributed by atoms with van der Waals surface area (Å²) in [7, 11) is 1.72. The lowest BCUT2D eigenvalue weighted by Crippen LogP contribution is -2.30. The first-order valence-corrected chi connectivity index (χ1v) is 8.90. The van der Waals surface area contributed by atoms with Gasteiger partial charge >= 0.3 is 0 Å². The Balaban J connectivity index is 1.48. The van der Waals surface area contributed by atoms with Crippen LogP contribution >= 0.6 is 0 Å². The highest BCUT2D eigenvalue weighted by Crippen LogP contribution is 2.26. The first-order chi connectivity index (χ1) is 12.3. The molecule has 25 heavy (non-hydrogen) atoms. The van der Waals surface area contributed by atoms with Crippen LogP contribution in [-0.4, -0.2) is 30.1 Å². The van der Waals surface area contributed by atoms with Crippen LogP contribution in [0, 0.1) is 0 Å². The molecule has 1 N–H and O–H groups in total. The number of benzene rings is 2. The van der Waals surface area contributed by atoms with Gasteiger partial charge in [0, 0.05) is 36.7 Å². The maximum Gasteiger partial charge on any atom is 0.119 e. The van der Waals surface area contributed by atoms with Crippen LogP contribution in [0.1, 0.15) is 17.5 Å². The zero-order chi connectivity index (χ0) is 17.1. The molecule has 0 atom stereocenters. The standard InChI is InChI=1S/C22H24N2O/c1-25-20-9-10-22-21(13-20)19(14-23-22)12-18-8-5-11-24(16-18)15-17-6-3-2-4-7-17/h2-4,6-10,13-14,23H,5,11-12,15-16H2,1H3. The van der Waals surface area contributed by atoms with E-state index in [1.807, 2.05) is 6.07 Å². The SMILES string of the molecule is COc1ccc2[nH]cc(CC3=CCCN(Cc4ccccc4)C3)c2c1. The van der Waals surface area contributed by atoms with Gasteiger partial charge < -0.3 is 9.72 Å². The first kappa shape index (κ1) is 16.0. The number of fused-ring (bicyclic) bond motifs is 1. The molecule has 0 amide bonds. The quantitative estimate of drug-likeness (QED) is 0.694. The fourth-order valence-electron chi connectivity index (χ4n) is 3.66. The van der Waals surface area contributed by atoms with Crippen LogP contribution in [0.25, 0.3) is 10.9 Å². The molecule has 0 unspecified atom stereocenters. The van der Waals surface area contributed by atoms with Gasteiger partial charge in [0.25, 0.3) is 0 Å². The molecule has 3 nitrogen and oxygen atoms in total. The smallest absolute Gasteiger partial charge is 0.119 e. The van der Waals surface area contributed by atoms with Crippen molar-refractivity contribution in [2.45, 2.75) is 19.4 Å². The van der Waals surface area contributed by atoms with Crippen molar-refractivity contribution < 1.29 is 4.74 Å². The van der Waals surface area contributed by atoms with Crippen molar-refractivity contribution in [1.29, 1.82) is 0 Å². The van der Waals surface area contributed by atoms with Crippen LogP contribution in [-0.2, 0) is 13.0 Å². The number of rotatable bonds is 5. The van der Waals surface area contributed by atoms with Gasteiger partial charge in [-0.2, -0.15) is 0 Å². The summed E-state index contributed by atoms with van der Waals surface area (Å²) < 4.78 is 5.38. The molecule has 1 aliphatic heterocycles. The molecule has 0 spiro atoms. The van der Waals surface area contributed by atoms with Gasteiger partial charge in [0.15, 0.2) is 0 Å². The van der Waals surface area contributed by atoms with Gasteiger partial charge in [-0.1, -0.05) is 42.0 Å². The third-order valence-electron chi connectivity index (χ3n) is 4.95. The lowest BCUT2D eigenvalue weighted by molar-refractivity contribution is 0.280. The number of H-pyrrole nitrogens is 1. The van der Waals surface area contributed by atoms with Crippen LogP contribution in [0.5, 0.6) is 5.75 Å². The maximum atomic E-state index is 5.38. The van der Waals surface area contributed by atoms with Gasteiger partial charge in [-0.25, -0.2) is 0 Å². The van der Waals surface area contributed by atoms with Crippen molar-refractivity contribution in [2.75, 3.05) is 20.2 Å². The molecule has 3 heteroatoms. The van der Waals surface area contributed by atoms with Crippen LogP contribution in [0.15, 0.2) is 66.4 Å².